The molecule has 0 spiro atoms. The highest BCUT2D eigenvalue weighted by molar-refractivity contribution is 9.12. The second kappa shape index (κ2) is 3.34. The molecule has 0 bridgehead atoms. The predicted octanol–water partition coefficient (Wildman–Crippen LogP) is 1.66. The lowest BCUT2D eigenvalue weighted by Crippen LogP contribution is -2.14. The van der Waals surface area contributed by atoms with E-state index in [1.165, 1.54) is 6.08 Å². The summed E-state index contributed by atoms with van der Waals surface area (Å²) in [6.45, 7) is 0. The Hall–Kier alpha value is -1.72. The first-order valence-electron chi connectivity index (χ1n) is 3.21. The molecule has 0 aromatic heterocycles. The fraction of sp³-hybridized carbons (Fsp3) is 0. The standard InChI is InChI=1S/C8H3BrN4/c9-7-5(3-11)8(13)4(2-10)1-6(7)12/h1,12-13H. The van der Waals surface area contributed by atoms with Gasteiger partial charge in [0.15, 0.2) is 0 Å². The molecule has 0 aromatic carbocycles. The summed E-state index contributed by atoms with van der Waals surface area (Å²) in [5.41, 5.74) is -0.00854. The predicted molar refractivity (Wildman–Crippen MR) is 50.7 cm³/mol. The average Bonchev–Trinajstić information content (AvgIpc) is 2.12. The Bertz CT molecular complexity index is 442. The van der Waals surface area contributed by atoms with Crippen molar-refractivity contribution < 1.29 is 0 Å². The number of nitrogens with zero attached hydrogens (tertiary/aromatic N) is 2. The van der Waals surface area contributed by atoms with E-state index in [-0.39, 0.29) is 27.1 Å². The highest BCUT2D eigenvalue weighted by Crippen LogP contribution is 2.23. The molecule has 5 heteroatoms. The molecule has 0 unspecified atom stereocenters. The van der Waals surface area contributed by atoms with E-state index in [0.29, 0.717) is 0 Å². The minimum Gasteiger partial charge on any atom is -0.300 e. The quantitative estimate of drug-likeness (QED) is 0.624. The molecule has 0 aliphatic heterocycles. The lowest BCUT2D eigenvalue weighted by molar-refractivity contribution is 1.41. The van der Waals surface area contributed by atoms with Gasteiger partial charge in [0.2, 0.25) is 0 Å². The van der Waals surface area contributed by atoms with Gasteiger partial charge < -0.3 is 0 Å². The minimum absolute atomic E-state index is 0.0315. The molecular weight excluding hydrogens is 232 g/mol. The molecule has 0 radical (unpaired) electrons. The lowest BCUT2D eigenvalue weighted by Gasteiger charge is -2.09. The summed E-state index contributed by atoms with van der Waals surface area (Å²) >= 11 is 3.02. The molecule has 0 fully saturated rings. The van der Waals surface area contributed by atoms with E-state index in [1.807, 2.05) is 0 Å². The first-order chi connectivity index (χ1) is 6.11. The maximum Gasteiger partial charge on any atom is 0.103 e. The van der Waals surface area contributed by atoms with Crippen molar-refractivity contribution in [3.05, 3.63) is 21.7 Å². The number of hydrogen-bond acceptors (Lipinski definition) is 4. The van der Waals surface area contributed by atoms with Crippen LogP contribution in [0.1, 0.15) is 0 Å². The van der Waals surface area contributed by atoms with Crippen LogP contribution in [-0.2, 0) is 0 Å². The van der Waals surface area contributed by atoms with Crippen molar-refractivity contribution >= 4 is 27.4 Å². The Labute approximate surface area is 82.9 Å². The van der Waals surface area contributed by atoms with Gasteiger partial charge in [0, 0.05) is 0 Å². The molecule has 0 heterocycles. The van der Waals surface area contributed by atoms with Gasteiger partial charge in [-0.05, 0) is 22.0 Å². The Morgan fingerprint density at radius 3 is 2.31 bits per heavy atom. The smallest absolute Gasteiger partial charge is 0.103 e. The van der Waals surface area contributed by atoms with Crippen LogP contribution < -0.4 is 0 Å². The molecule has 1 aliphatic carbocycles. The van der Waals surface area contributed by atoms with Crippen LogP contribution in [-0.4, -0.2) is 11.4 Å². The van der Waals surface area contributed by atoms with Crippen molar-refractivity contribution in [3.63, 3.8) is 0 Å². The van der Waals surface area contributed by atoms with Crippen molar-refractivity contribution in [2.24, 2.45) is 0 Å². The number of halogens is 1. The van der Waals surface area contributed by atoms with Crippen LogP contribution in [0, 0.1) is 33.5 Å². The van der Waals surface area contributed by atoms with Crippen molar-refractivity contribution in [2.75, 3.05) is 0 Å². The van der Waals surface area contributed by atoms with E-state index in [2.05, 4.69) is 15.9 Å². The maximum atomic E-state index is 8.65. The Balaban J connectivity index is 3.34. The monoisotopic (exact) mass is 234 g/mol. The first kappa shape index (κ1) is 9.37. The molecular formula is C8H3BrN4. The molecule has 0 aromatic rings. The summed E-state index contributed by atoms with van der Waals surface area (Å²) in [5, 5.41) is 32.0. The fourth-order valence-electron chi connectivity index (χ4n) is 0.852. The van der Waals surface area contributed by atoms with Gasteiger partial charge in [-0.3, -0.25) is 10.8 Å². The number of allylic oxidation sites excluding steroid dienone is 4. The molecule has 2 N–H and O–H groups in total. The molecule has 1 rings (SSSR count). The van der Waals surface area contributed by atoms with Crippen molar-refractivity contribution in [3.8, 4) is 12.1 Å². The van der Waals surface area contributed by atoms with Gasteiger partial charge >= 0.3 is 0 Å². The largest absolute Gasteiger partial charge is 0.300 e. The van der Waals surface area contributed by atoms with Gasteiger partial charge in [0.05, 0.1) is 27.1 Å². The van der Waals surface area contributed by atoms with Crippen molar-refractivity contribution in [2.45, 2.75) is 0 Å². The van der Waals surface area contributed by atoms with Crippen molar-refractivity contribution in [1.82, 2.24) is 0 Å². The van der Waals surface area contributed by atoms with Gasteiger partial charge in [-0.25, -0.2) is 0 Å². The van der Waals surface area contributed by atoms with E-state index >= 15 is 0 Å². The third-order valence-electron chi connectivity index (χ3n) is 1.50. The molecule has 13 heavy (non-hydrogen) atoms. The third kappa shape index (κ3) is 1.42. The molecule has 1 aliphatic rings. The topological polar surface area (TPSA) is 95.3 Å². The summed E-state index contributed by atoms with van der Waals surface area (Å²) < 4.78 is 0.263. The summed E-state index contributed by atoms with van der Waals surface area (Å²) in [7, 11) is 0. The Kier molecular flexibility index (Phi) is 2.41. The van der Waals surface area contributed by atoms with Gasteiger partial charge in [0.25, 0.3) is 0 Å². The van der Waals surface area contributed by atoms with E-state index in [1.54, 1.807) is 12.1 Å². The molecule has 0 saturated heterocycles. The van der Waals surface area contributed by atoms with Gasteiger partial charge in [-0.2, -0.15) is 10.5 Å². The third-order valence-corrected chi connectivity index (χ3v) is 2.32. The van der Waals surface area contributed by atoms with Crippen LogP contribution in [0.4, 0.5) is 0 Å². The number of nitrogens with one attached hydrogen (secondary N) is 2. The minimum atomic E-state index is -0.132. The lowest BCUT2D eigenvalue weighted by atomic mass is 9.96. The first-order valence-corrected chi connectivity index (χ1v) is 4.01. The highest BCUT2D eigenvalue weighted by atomic mass is 79.9. The second-order valence-corrected chi connectivity index (χ2v) is 3.05. The van der Waals surface area contributed by atoms with Crippen LogP contribution in [0.3, 0.4) is 0 Å². The highest BCUT2D eigenvalue weighted by Gasteiger charge is 2.21. The normalized spacial score (nSPS) is 16.4. The zero-order chi connectivity index (χ0) is 10.0. The second-order valence-electron chi connectivity index (χ2n) is 2.26. The number of nitriles is 2. The van der Waals surface area contributed by atoms with E-state index in [4.69, 9.17) is 21.3 Å². The van der Waals surface area contributed by atoms with Crippen molar-refractivity contribution in [1.29, 1.82) is 21.3 Å². The SMILES string of the molecule is N#CC1=CC(=N)C(Br)=C(C#N)C1=N. The summed E-state index contributed by atoms with van der Waals surface area (Å²) in [6.07, 6.45) is 1.26. The number of hydrogen-bond donors (Lipinski definition) is 2. The molecule has 0 amide bonds. The molecule has 0 saturated carbocycles. The zero-order valence-electron chi connectivity index (χ0n) is 6.35. The summed E-state index contributed by atoms with van der Waals surface area (Å²) in [6, 6.07) is 3.53. The Morgan fingerprint density at radius 1 is 1.23 bits per heavy atom. The summed E-state index contributed by atoms with van der Waals surface area (Å²) in [5.74, 6) is 0. The summed E-state index contributed by atoms with van der Waals surface area (Å²) in [4.78, 5) is 0. The van der Waals surface area contributed by atoms with E-state index in [0.717, 1.165) is 0 Å². The molecule has 4 nitrogen and oxygen atoms in total. The zero-order valence-corrected chi connectivity index (χ0v) is 7.94. The van der Waals surface area contributed by atoms with Crippen LogP contribution in [0.25, 0.3) is 0 Å². The maximum absolute atomic E-state index is 8.65. The molecule has 62 valence electrons. The van der Waals surface area contributed by atoms with Crippen LogP contribution in [0.15, 0.2) is 21.7 Å². The Morgan fingerprint density at radius 2 is 1.85 bits per heavy atom. The van der Waals surface area contributed by atoms with Gasteiger partial charge in [-0.15, -0.1) is 0 Å². The van der Waals surface area contributed by atoms with E-state index in [9.17, 15) is 0 Å². The van der Waals surface area contributed by atoms with Crippen LogP contribution in [0.5, 0.6) is 0 Å². The average molecular weight is 235 g/mol. The van der Waals surface area contributed by atoms with Gasteiger partial charge in [0.1, 0.15) is 12.1 Å². The number of rotatable bonds is 0. The van der Waals surface area contributed by atoms with Crippen LogP contribution >= 0.6 is 15.9 Å². The van der Waals surface area contributed by atoms with Gasteiger partial charge in [-0.1, -0.05) is 0 Å². The molecule has 0 atom stereocenters. The van der Waals surface area contributed by atoms with Crippen LogP contribution in [0.2, 0.25) is 0 Å². The van der Waals surface area contributed by atoms with E-state index < -0.39 is 0 Å². The fourth-order valence-corrected chi connectivity index (χ4v) is 1.25.